The lowest BCUT2D eigenvalue weighted by Crippen LogP contribution is -2.30. The lowest BCUT2D eigenvalue weighted by Gasteiger charge is -2.13. The van der Waals surface area contributed by atoms with Crippen molar-refractivity contribution in [3.05, 3.63) is 72.3 Å². The number of rotatable bonds is 4. The fourth-order valence-corrected chi connectivity index (χ4v) is 2.68. The molecule has 0 heterocycles. The van der Waals surface area contributed by atoms with Crippen LogP contribution in [0.4, 0.5) is 23.7 Å². The molecule has 29 heavy (non-hydrogen) atoms. The number of anilines is 1. The molecule has 0 radical (unpaired) electrons. The van der Waals surface area contributed by atoms with Crippen LogP contribution < -0.4 is 15.4 Å². The molecule has 3 aromatic rings. The van der Waals surface area contributed by atoms with Crippen molar-refractivity contribution in [1.82, 2.24) is 5.32 Å². The van der Waals surface area contributed by atoms with Gasteiger partial charge in [0, 0.05) is 5.39 Å². The van der Waals surface area contributed by atoms with Crippen molar-refractivity contribution in [2.75, 3.05) is 18.5 Å². The largest absolute Gasteiger partial charge is 0.480 e. The number of ether oxygens (including phenoxy) is 1. The van der Waals surface area contributed by atoms with Gasteiger partial charge in [0.05, 0.1) is 17.8 Å². The number of alkyl halides is 3. The molecule has 0 spiro atoms. The molecule has 0 aliphatic heterocycles. The molecule has 0 saturated heterocycles. The summed E-state index contributed by atoms with van der Waals surface area (Å²) in [6, 6.07) is 17.5. The standard InChI is InChI=1S/C22H17F3N2O2/c23-22(24,25)18-11-3-4-12-19(18)27-21(28)26-14-5-6-15-29-20-13-7-9-16-8-1-2-10-17(16)20/h1-4,7-13H,14-15H2,(H2,26,27,28). The molecule has 0 aromatic heterocycles. The van der Waals surface area contributed by atoms with Gasteiger partial charge in [-0.05, 0) is 23.6 Å². The maximum atomic E-state index is 12.9. The first-order chi connectivity index (χ1) is 13.9. The first kappa shape index (κ1) is 20.1. The second-order valence-corrected chi connectivity index (χ2v) is 5.97. The molecule has 3 aromatic carbocycles. The van der Waals surface area contributed by atoms with Gasteiger partial charge < -0.3 is 15.4 Å². The van der Waals surface area contributed by atoms with Crippen LogP contribution in [0.3, 0.4) is 0 Å². The van der Waals surface area contributed by atoms with E-state index >= 15 is 0 Å². The van der Waals surface area contributed by atoms with Crippen molar-refractivity contribution in [1.29, 1.82) is 0 Å². The van der Waals surface area contributed by atoms with Gasteiger partial charge in [-0.2, -0.15) is 13.2 Å². The fraction of sp³-hybridized carbons (Fsp3) is 0.136. The van der Waals surface area contributed by atoms with Crippen molar-refractivity contribution in [3.8, 4) is 17.6 Å². The molecule has 0 saturated carbocycles. The molecule has 0 aliphatic rings. The van der Waals surface area contributed by atoms with Gasteiger partial charge >= 0.3 is 12.2 Å². The Hall–Kier alpha value is -3.66. The molecule has 148 valence electrons. The lowest BCUT2D eigenvalue weighted by molar-refractivity contribution is -0.136. The van der Waals surface area contributed by atoms with Gasteiger partial charge in [0.1, 0.15) is 12.4 Å². The summed E-state index contributed by atoms with van der Waals surface area (Å²) in [6.45, 7) is 0.0904. The van der Waals surface area contributed by atoms with Crippen molar-refractivity contribution in [3.63, 3.8) is 0 Å². The Kier molecular flexibility index (Phi) is 6.25. The summed E-state index contributed by atoms with van der Waals surface area (Å²) in [7, 11) is 0. The minimum Gasteiger partial charge on any atom is -0.480 e. The Balaban J connectivity index is 1.49. The SMILES string of the molecule is O=C(NCC#CCOc1cccc2ccccc12)Nc1ccccc1C(F)(F)F. The Labute approximate surface area is 165 Å². The zero-order valence-corrected chi connectivity index (χ0v) is 15.2. The average molecular weight is 398 g/mol. The number of amides is 2. The van der Waals surface area contributed by atoms with Gasteiger partial charge in [-0.1, -0.05) is 60.4 Å². The molecule has 0 atom stereocenters. The molecular weight excluding hydrogens is 381 g/mol. The first-order valence-corrected chi connectivity index (χ1v) is 8.72. The zero-order valence-electron chi connectivity index (χ0n) is 15.2. The number of hydrogen-bond donors (Lipinski definition) is 2. The van der Waals surface area contributed by atoms with Gasteiger partial charge in [-0.25, -0.2) is 4.79 Å². The summed E-state index contributed by atoms with van der Waals surface area (Å²) in [5, 5.41) is 6.60. The number of halogens is 3. The molecule has 0 aliphatic carbocycles. The van der Waals surface area contributed by atoms with Gasteiger partial charge in [-0.15, -0.1) is 0 Å². The highest BCUT2D eigenvalue weighted by Gasteiger charge is 2.33. The monoisotopic (exact) mass is 398 g/mol. The normalized spacial score (nSPS) is 10.7. The van der Waals surface area contributed by atoms with Crippen LogP contribution in [-0.2, 0) is 6.18 Å². The molecular formula is C22H17F3N2O2. The molecule has 0 fully saturated rings. The van der Waals surface area contributed by atoms with E-state index in [1.807, 2.05) is 42.5 Å². The van der Waals surface area contributed by atoms with Crippen molar-refractivity contribution in [2.24, 2.45) is 0 Å². The average Bonchev–Trinajstić information content (AvgIpc) is 2.70. The topological polar surface area (TPSA) is 50.4 Å². The number of nitrogens with one attached hydrogen (secondary N) is 2. The molecule has 0 unspecified atom stereocenters. The Bertz CT molecular complexity index is 1060. The Morgan fingerprint density at radius 2 is 1.66 bits per heavy atom. The van der Waals surface area contributed by atoms with E-state index in [1.165, 1.54) is 18.2 Å². The van der Waals surface area contributed by atoms with Crippen LogP contribution >= 0.6 is 0 Å². The summed E-state index contributed by atoms with van der Waals surface area (Å²) >= 11 is 0. The lowest BCUT2D eigenvalue weighted by atomic mass is 10.1. The molecule has 0 bridgehead atoms. The van der Waals surface area contributed by atoms with Crippen LogP contribution in [0.25, 0.3) is 10.8 Å². The van der Waals surface area contributed by atoms with E-state index in [9.17, 15) is 18.0 Å². The zero-order chi connectivity index (χ0) is 20.7. The summed E-state index contributed by atoms with van der Waals surface area (Å²) in [6.07, 6.45) is -4.55. The van der Waals surface area contributed by atoms with Gasteiger partial charge in [-0.3, -0.25) is 0 Å². The second-order valence-electron chi connectivity index (χ2n) is 5.97. The fourth-order valence-electron chi connectivity index (χ4n) is 2.68. The number of carbonyl (C=O) groups is 1. The van der Waals surface area contributed by atoms with E-state index in [-0.39, 0.29) is 18.8 Å². The summed E-state index contributed by atoms with van der Waals surface area (Å²) in [4.78, 5) is 11.8. The third-order valence-corrected chi connectivity index (χ3v) is 3.99. The minimum atomic E-state index is -4.55. The van der Waals surface area contributed by atoms with E-state index in [4.69, 9.17) is 4.74 Å². The number of benzene rings is 3. The highest BCUT2D eigenvalue weighted by molar-refractivity contribution is 5.90. The Morgan fingerprint density at radius 1 is 0.931 bits per heavy atom. The van der Waals surface area contributed by atoms with Crippen LogP contribution in [0, 0.1) is 11.8 Å². The molecule has 3 rings (SSSR count). The van der Waals surface area contributed by atoms with E-state index < -0.39 is 17.8 Å². The Morgan fingerprint density at radius 3 is 2.48 bits per heavy atom. The predicted octanol–water partition coefficient (Wildman–Crippen LogP) is 5.06. The summed E-state index contributed by atoms with van der Waals surface area (Å²) < 4.78 is 44.4. The van der Waals surface area contributed by atoms with Crippen molar-refractivity contribution < 1.29 is 22.7 Å². The van der Waals surface area contributed by atoms with Crippen molar-refractivity contribution in [2.45, 2.75) is 6.18 Å². The van der Waals surface area contributed by atoms with Crippen LogP contribution in [0.15, 0.2) is 66.7 Å². The summed E-state index contributed by atoms with van der Waals surface area (Å²) in [5.41, 5.74) is -1.23. The number of urea groups is 1. The van der Waals surface area contributed by atoms with Crippen LogP contribution in [0.2, 0.25) is 0 Å². The quantitative estimate of drug-likeness (QED) is 0.604. The van der Waals surface area contributed by atoms with Gasteiger partial charge in [0.25, 0.3) is 0 Å². The van der Waals surface area contributed by atoms with Crippen LogP contribution in [-0.4, -0.2) is 19.2 Å². The summed E-state index contributed by atoms with van der Waals surface area (Å²) in [5.74, 6) is 6.16. The number of fused-ring (bicyclic) bond motifs is 1. The number of hydrogen-bond acceptors (Lipinski definition) is 2. The molecule has 7 heteroatoms. The predicted molar refractivity (Wildman–Crippen MR) is 106 cm³/mol. The molecule has 4 nitrogen and oxygen atoms in total. The van der Waals surface area contributed by atoms with E-state index in [0.29, 0.717) is 5.75 Å². The van der Waals surface area contributed by atoms with Gasteiger partial charge in [0.15, 0.2) is 0 Å². The number of para-hydroxylation sites is 1. The molecule has 2 N–H and O–H groups in total. The third-order valence-electron chi connectivity index (χ3n) is 3.99. The second kappa shape index (κ2) is 9.02. The van der Waals surface area contributed by atoms with Gasteiger partial charge in [0.2, 0.25) is 0 Å². The molecule has 2 amide bonds. The van der Waals surface area contributed by atoms with Crippen LogP contribution in [0.5, 0.6) is 5.75 Å². The van der Waals surface area contributed by atoms with E-state index in [1.54, 1.807) is 0 Å². The first-order valence-electron chi connectivity index (χ1n) is 8.72. The maximum absolute atomic E-state index is 12.9. The highest BCUT2D eigenvalue weighted by Crippen LogP contribution is 2.34. The minimum absolute atomic E-state index is 0.0289. The number of carbonyl (C=O) groups excluding carboxylic acids is 1. The van der Waals surface area contributed by atoms with Crippen molar-refractivity contribution >= 4 is 22.5 Å². The van der Waals surface area contributed by atoms with Crippen LogP contribution in [0.1, 0.15) is 5.56 Å². The maximum Gasteiger partial charge on any atom is 0.418 e. The van der Waals surface area contributed by atoms with E-state index in [0.717, 1.165) is 16.8 Å². The van der Waals surface area contributed by atoms with E-state index in [2.05, 4.69) is 22.5 Å². The smallest absolute Gasteiger partial charge is 0.418 e. The highest BCUT2D eigenvalue weighted by atomic mass is 19.4. The third kappa shape index (κ3) is 5.42.